The van der Waals surface area contributed by atoms with Gasteiger partial charge in [0.15, 0.2) is 5.78 Å². The maximum absolute atomic E-state index is 12.2. The molecule has 0 unspecified atom stereocenters. The summed E-state index contributed by atoms with van der Waals surface area (Å²) in [7, 11) is 0. The van der Waals surface area contributed by atoms with Gasteiger partial charge in [0.2, 0.25) is 0 Å². The van der Waals surface area contributed by atoms with Gasteiger partial charge in [-0.3, -0.25) is 4.79 Å². The van der Waals surface area contributed by atoms with E-state index in [0.29, 0.717) is 24.5 Å². The van der Waals surface area contributed by atoms with Gasteiger partial charge >= 0.3 is 0 Å². The molecule has 0 radical (unpaired) electrons. The van der Waals surface area contributed by atoms with Gasteiger partial charge in [-0.1, -0.05) is 36.9 Å². The van der Waals surface area contributed by atoms with E-state index in [0.717, 1.165) is 0 Å². The molecule has 0 aromatic heterocycles. The van der Waals surface area contributed by atoms with Crippen molar-refractivity contribution in [2.45, 2.75) is 0 Å². The number of ether oxygens (including phenoxy) is 2. The summed E-state index contributed by atoms with van der Waals surface area (Å²) in [5, 5.41) is 9.98. The van der Waals surface area contributed by atoms with Gasteiger partial charge in [0.05, 0.1) is 11.8 Å². The summed E-state index contributed by atoms with van der Waals surface area (Å²) >= 11 is 0. The Balaban J connectivity index is 2.09. The maximum Gasteiger partial charge on any atom is 0.196 e. The molecule has 0 bridgehead atoms. The van der Waals surface area contributed by atoms with Crippen LogP contribution in [0.4, 0.5) is 0 Å². The zero-order valence-corrected chi connectivity index (χ0v) is 11.5. The highest BCUT2D eigenvalue weighted by Gasteiger charge is 2.13. The van der Waals surface area contributed by atoms with E-state index in [4.69, 9.17) is 9.47 Å². The molecule has 2 aromatic carbocycles. The normalized spacial score (nSPS) is 9.90. The van der Waals surface area contributed by atoms with Gasteiger partial charge in [-0.25, -0.2) is 0 Å². The number of aromatic hydroxyl groups is 1. The number of phenols is 1. The average molecular weight is 284 g/mol. The lowest BCUT2D eigenvalue weighted by atomic mass is 10.0. The Morgan fingerprint density at radius 1 is 1.14 bits per heavy atom. The van der Waals surface area contributed by atoms with Crippen LogP contribution in [0.1, 0.15) is 15.9 Å². The molecular weight excluding hydrogens is 268 g/mol. The molecule has 2 aromatic rings. The summed E-state index contributed by atoms with van der Waals surface area (Å²) in [5.74, 6) is 0.144. The maximum atomic E-state index is 12.2. The van der Waals surface area contributed by atoms with Crippen molar-refractivity contribution in [2.75, 3.05) is 13.2 Å². The number of carbonyl (C=O) groups excluding carboxylic acids is 1. The molecule has 0 aliphatic carbocycles. The standard InChI is InChI=1S/C17H16O4/c1-2-20-10-11-21-14-8-9-15(16(18)12-14)17(19)13-6-4-3-5-7-13/h2-9,12,18H,1,10-11H2. The van der Waals surface area contributed by atoms with E-state index in [-0.39, 0.29) is 17.1 Å². The summed E-state index contributed by atoms with van der Waals surface area (Å²) in [6, 6.07) is 13.4. The zero-order valence-electron chi connectivity index (χ0n) is 11.5. The molecule has 0 amide bonds. The Morgan fingerprint density at radius 3 is 2.57 bits per heavy atom. The topological polar surface area (TPSA) is 55.8 Å². The Morgan fingerprint density at radius 2 is 1.90 bits per heavy atom. The quantitative estimate of drug-likeness (QED) is 0.482. The molecule has 0 heterocycles. The Kier molecular flexibility index (Phi) is 4.99. The van der Waals surface area contributed by atoms with Crippen molar-refractivity contribution < 1.29 is 19.4 Å². The molecule has 21 heavy (non-hydrogen) atoms. The molecule has 1 N–H and O–H groups in total. The number of hydrogen-bond donors (Lipinski definition) is 1. The van der Waals surface area contributed by atoms with Crippen LogP contribution in [-0.2, 0) is 4.74 Å². The molecular formula is C17H16O4. The Bertz CT molecular complexity index is 620. The van der Waals surface area contributed by atoms with Gasteiger partial charge in [0.25, 0.3) is 0 Å². The molecule has 0 aliphatic heterocycles. The van der Waals surface area contributed by atoms with Crippen molar-refractivity contribution in [3.05, 3.63) is 72.5 Å². The van der Waals surface area contributed by atoms with E-state index in [1.54, 1.807) is 36.4 Å². The Labute approximate surface area is 123 Å². The van der Waals surface area contributed by atoms with Gasteiger partial charge in [0.1, 0.15) is 24.7 Å². The van der Waals surface area contributed by atoms with Crippen LogP contribution in [0, 0.1) is 0 Å². The minimum atomic E-state index is -0.227. The third-order valence-electron chi connectivity index (χ3n) is 2.84. The molecule has 0 spiro atoms. The molecule has 108 valence electrons. The number of carbonyl (C=O) groups is 1. The largest absolute Gasteiger partial charge is 0.507 e. The van der Waals surface area contributed by atoms with E-state index in [2.05, 4.69) is 6.58 Å². The van der Waals surface area contributed by atoms with Crippen LogP contribution in [0.2, 0.25) is 0 Å². The first-order chi connectivity index (χ1) is 10.2. The number of hydrogen-bond acceptors (Lipinski definition) is 4. The number of rotatable bonds is 7. The van der Waals surface area contributed by atoms with Crippen LogP contribution in [0.15, 0.2) is 61.4 Å². The number of ketones is 1. The lowest BCUT2D eigenvalue weighted by Crippen LogP contribution is -2.05. The first kappa shape index (κ1) is 14.7. The highest BCUT2D eigenvalue weighted by Crippen LogP contribution is 2.25. The summed E-state index contributed by atoms with van der Waals surface area (Å²) in [6.45, 7) is 4.12. The van der Waals surface area contributed by atoms with Gasteiger partial charge in [-0.05, 0) is 12.1 Å². The first-order valence-electron chi connectivity index (χ1n) is 6.50. The predicted molar refractivity (Wildman–Crippen MR) is 79.6 cm³/mol. The first-order valence-corrected chi connectivity index (χ1v) is 6.50. The van der Waals surface area contributed by atoms with Crippen molar-refractivity contribution in [2.24, 2.45) is 0 Å². The van der Waals surface area contributed by atoms with E-state index in [1.807, 2.05) is 6.07 Å². The molecule has 4 nitrogen and oxygen atoms in total. The number of phenolic OH excluding ortho intramolecular Hbond substituents is 1. The van der Waals surface area contributed by atoms with Crippen LogP contribution >= 0.6 is 0 Å². The van der Waals surface area contributed by atoms with E-state index < -0.39 is 0 Å². The summed E-state index contributed by atoms with van der Waals surface area (Å²) < 4.78 is 10.3. The second-order valence-electron chi connectivity index (χ2n) is 4.26. The molecule has 0 fully saturated rings. The number of benzene rings is 2. The van der Waals surface area contributed by atoms with Crippen LogP contribution in [0.25, 0.3) is 0 Å². The fraction of sp³-hybridized carbons (Fsp3) is 0.118. The SMILES string of the molecule is C=COCCOc1ccc(C(=O)c2ccccc2)c(O)c1. The van der Waals surface area contributed by atoms with Crippen LogP contribution in [-0.4, -0.2) is 24.1 Å². The van der Waals surface area contributed by atoms with Gasteiger partial charge in [0, 0.05) is 11.6 Å². The second kappa shape index (κ2) is 7.14. The molecule has 2 rings (SSSR count). The van der Waals surface area contributed by atoms with Crippen molar-refractivity contribution in [1.29, 1.82) is 0 Å². The monoisotopic (exact) mass is 284 g/mol. The van der Waals surface area contributed by atoms with Crippen LogP contribution in [0.5, 0.6) is 11.5 Å². The van der Waals surface area contributed by atoms with E-state index in [9.17, 15) is 9.90 Å². The highest BCUT2D eigenvalue weighted by molar-refractivity contribution is 6.10. The summed E-state index contributed by atoms with van der Waals surface area (Å²) in [5.41, 5.74) is 0.775. The molecule has 4 heteroatoms. The molecule has 0 atom stereocenters. The van der Waals surface area contributed by atoms with E-state index >= 15 is 0 Å². The van der Waals surface area contributed by atoms with Crippen molar-refractivity contribution in [3.63, 3.8) is 0 Å². The zero-order chi connectivity index (χ0) is 15.1. The third-order valence-corrected chi connectivity index (χ3v) is 2.84. The van der Waals surface area contributed by atoms with Gasteiger partial charge in [-0.15, -0.1) is 0 Å². The second-order valence-corrected chi connectivity index (χ2v) is 4.26. The summed E-state index contributed by atoms with van der Waals surface area (Å²) in [4.78, 5) is 12.2. The Hall–Kier alpha value is -2.75. The fourth-order valence-corrected chi connectivity index (χ4v) is 1.83. The minimum Gasteiger partial charge on any atom is -0.507 e. The van der Waals surface area contributed by atoms with Crippen molar-refractivity contribution in [1.82, 2.24) is 0 Å². The smallest absolute Gasteiger partial charge is 0.196 e. The lowest BCUT2D eigenvalue weighted by molar-refractivity contribution is 0.103. The van der Waals surface area contributed by atoms with Crippen molar-refractivity contribution in [3.8, 4) is 11.5 Å². The van der Waals surface area contributed by atoms with E-state index in [1.165, 1.54) is 12.3 Å². The average Bonchev–Trinajstić information content (AvgIpc) is 2.52. The third kappa shape index (κ3) is 3.86. The molecule has 0 saturated carbocycles. The van der Waals surface area contributed by atoms with Gasteiger partial charge in [-0.2, -0.15) is 0 Å². The lowest BCUT2D eigenvalue weighted by Gasteiger charge is -2.09. The molecule has 0 aliphatic rings. The minimum absolute atomic E-state index is 0.106. The summed E-state index contributed by atoms with van der Waals surface area (Å²) in [6.07, 6.45) is 1.34. The van der Waals surface area contributed by atoms with Crippen LogP contribution < -0.4 is 4.74 Å². The van der Waals surface area contributed by atoms with Gasteiger partial charge < -0.3 is 14.6 Å². The fourth-order valence-electron chi connectivity index (χ4n) is 1.83. The van der Waals surface area contributed by atoms with Crippen molar-refractivity contribution >= 4 is 5.78 Å². The highest BCUT2D eigenvalue weighted by atomic mass is 16.5. The predicted octanol–water partition coefficient (Wildman–Crippen LogP) is 3.16. The molecule has 0 saturated heterocycles. The van der Waals surface area contributed by atoms with Crippen LogP contribution in [0.3, 0.4) is 0 Å².